The summed E-state index contributed by atoms with van der Waals surface area (Å²) >= 11 is 0. The molecular weight excluding hydrogens is 499 g/mol. The first-order valence-corrected chi connectivity index (χ1v) is 12.6. The fraction of sp³-hybridized carbons (Fsp3) is 0.280. The number of fused-ring (bicyclic) bond motifs is 1. The molecule has 0 aromatic heterocycles. The van der Waals surface area contributed by atoms with Crippen LogP contribution in [0.3, 0.4) is 0 Å². The predicted octanol–water partition coefficient (Wildman–Crippen LogP) is 4.44. The SMILES string of the molecule is CC(C)([C@H](NC(=O)c1ccc2ccccc2c1OCc1ccc(C(F)(F)F)cc1)C(=O)O)S(C)(=O)=O. The number of carbonyl (C=O) groups is 2. The molecular formula is C25H24F3NO6S. The monoisotopic (exact) mass is 523 g/mol. The molecule has 0 aliphatic heterocycles. The Morgan fingerprint density at radius 2 is 1.61 bits per heavy atom. The summed E-state index contributed by atoms with van der Waals surface area (Å²) in [6.07, 6.45) is -3.61. The normalized spacial score (nSPS) is 13.3. The molecule has 36 heavy (non-hydrogen) atoms. The molecule has 0 aliphatic carbocycles. The van der Waals surface area contributed by atoms with E-state index in [4.69, 9.17) is 4.74 Å². The van der Waals surface area contributed by atoms with Gasteiger partial charge in [0.05, 0.1) is 15.9 Å². The van der Waals surface area contributed by atoms with Crippen molar-refractivity contribution in [3.8, 4) is 5.75 Å². The lowest BCUT2D eigenvalue weighted by Gasteiger charge is -2.30. The van der Waals surface area contributed by atoms with Gasteiger partial charge < -0.3 is 15.2 Å². The van der Waals surface area contributed by atoms with Gasteiger partial charge >= 0.3 is 12.1 Å². The molecule has 2 N–H and O–H groups in total. The van der Waals surface area contributed by atoms with E-state index in [9.17, 15) is 36.3 Å². The number of amides is 1. The molecule has 0 saturated heterocycles. The van der Waals surface area contributed by atoms with E-state index in [0.717, 1.165) is 18.4 Å². The zero-order valence-electron chi connectivity index (χ0n) is 19.6. The third kappa shape index (κ3) is 5.62. The zero-order chi connectivity index (χ0) is 26.9. The summed E-state index contributed by atoms with van der Waals surface area (Å²) in [5, 5.41) is 13.1. The second kappa shape index (κ2) is 9.81. The van der Waals surface area contributed by atoms with Crippen molar-refractivity contribution in [3.63, 3.8) is 0 Å². The Kier molecular flexibility index (Phi) is 7.35. The minimum absolute atomic E-state index is 0.0591. The number of hydrogen-bond acceptors (Lipinski definition) is 5. The number of sulfone groups is 1. The van der Waals surface area contributed by atoms with Crippen molar-refractivity contribution in [2.45, 2.75) is 37.4 Å². The van der Waals surface area contributed by atoms with Gasteiger partial charge in [-0.2, -0.15) is 13.2 Å². The first kappa shape index (κ1) is 27.0. The van der Waals surface area contributed by atoms with Crippen LogP contribution in [0, 0.1) is 0 Å². The van der Waals surface area contributed by atoms with Gasteiger partial charge in [-0.15, -0.1) is 0 Å². The van der Waals surface area contributed by atoms with E-state index < -0.39 is 44.2 Å². The summed E-state index contributed by atoms with van der Waals surface area (Å²) in [6, 6.07) is 12.5. The van der Waals surface area contributed by atoms with E-state index in [0.29, 0.717) is 16.3 Å². The Labute approximate surface area is 205 Å². The lowest BCUT2D eigenvalue weighted by molar-refractivity contribution is -0.140. The number of benzene rings is 3. The maximum Gasteiger partial charge on any atom is 0.416 e. The Hall–Kier alpha value is -3.60. The quantitative estimate of drug-likeness (QED) is 0.452. The standard InChI is InChI=1S/C25H24F3NO6S/c1-24(2,36(3,33)34)21(23(31)32)29-22(30)19-13-10-16-6-4-5-7-18(16)20(19)35-14-15-8-11-17(12-9-15)25(26,27)28/h4-13,21H,14H2,1-3H3,(H,29,30)(H,31,32)/t21-/m1/s1. The number of halogens is 3. The maximum absolute atomic E-state index is 13.2. The number of alkyl halides is 3. The summed E-state index contributed by atoms with van der Waals surface area (Å²) in [4.78, 5) is 25.1. The molecule has 0 heterocycles. The molecule has 1 atom stereocenters. The maximum atomic E-state index is 13.2. The van der Waals surface area contributed by atoms with Gasteiger partial charge in [0.25, 0.3) is 5.91 Å². The fourth-order valence-corrected chi connectivity index (χ4v) is 4.07. The summed E-state index contributed by atoms with van der Waals surface area (Å²) in [5.41, 5.74) is -0.468. The van der Waals surface area contributed by atoms with Crippen LogP contribution in [0.2, 0.25) is 0 Å². The average Bonchev–Trinajstić information content (AvgIpc) is 2.79. The molecule has 3 rings (SSSR count). The van der Waals surface area contributed by atoms with E-state index in [2.05, 4.69) is 5.32 Å². The van der Waals surface area contributed by atoms with E-state index >= 15 is 0 Å². The van der Waals surface area contributed by atoms with Crippen molar-refractivity contribution < 1.29 is 41.0 Å². The van der Waals surface area contributed by atoms with Crippen molar-refractivity contribution in [2.75, 3.05) is 6.26 Å². The van der Waals surface area contributed by atoms with Crippen molar-refractivity contribution >= 4 is 32.5 Å². The lowest BCUT2D eigenvalue weighted by atomic mass is 10.0. The zero-order valence-corrected chi connectivity index (χ0v) is 20.4. The van der Waals surface area contributed by atoms with Gasteiger partial charge in [0.15, 0.2) is 9.84 Å². The first-order valence-electron chi connectivity index (χ1n) is 10.7. The topological polar surface area (TPSA) is 110 Å². The molecule has 11 heteroatoms. The molecule has 0 aliphatic rings. The number of carboxylic acid groups (broad SMARTS) is 1. The summed E-state index contributed by atoms with van der Waals surface area (Å²) in [5.74, 6) is -2.34. The lowest BCUT2D eigenvalue weighted by Crippen LogP contribution is -2.57. The Morgan fingerprint density at radius 3 is 2.17 bits per heavy atom. The fourth-order valence-electron chi connectivity index (χ4n) is 3.48. The molecule has 1 amide bonds. The predicted molar refractivity (Wildman–Crippen MR) is 128 cm³/mol. The van der Waals surface area contributed by atoms with E-state index in [-0.39, 0.29) is 17.9 Å². The van der Waals surface area contributed by atoms with Gasteiger partial charge in [0, 0.05) is 11.6 Å². The van der Waals surface area contributed by atoms with Crippen molar-refractivity contribution in [2.24, 2.45) is 0 Å². The average molecular weight is 524 g/mol. The third-order valence-corrected chi connectivity index (χ3v) is 8.11. The first-order chi connectivity index (χ1) is 16.6. The largest absolute Gasteiger partial charge is 0.487 e. The van der Waals surface area contributed by atoms with Crippen molar-refractivity contribution in [3.05, 3.63) is 77.4 Å². The van der Waals surface area contributed by atoms with E-state index in [1.54, 1.807) is 30.3 Å². The number of carbonyl (C=O) groups excluding carboxylic acids is 1. The summed E-state index contributed by atoms with van der Waals surface area (Å²) in [6.45, 7) is 2.22. The van der Waals surface area contributed by atoms with Crippen LogP contribution >= 0.6 is 0 Å². The Balaban J connectivity index is 1.97. The molecule has 0 radical (unpaired) electrons. The highest BCUT2D eigenvalue weighted by molar-refractivity contribution is 7.92. The van der Waals surface area contributed by atoms with Gasteiger partial charge in [0.1, 0.15) is 18.4 Å². The van der Waals surface area contributed by atoms with Crippen LogP contribution < -0.4 is 10.1 Å². The van der Waals surface area contributed by atoms with Crippen LogP contribution in [-0.2, 0) is 27.4 Å². The van der Waals surface area contributed by atoms with Gasteiger partial charge in [0.2, 0.25) is 0 Å². The minimum atomic E-state index is -4.49. The highest BCUT2D eigenvalue weighted by atomic mass is 32.2. The van der Waals surface area contributed by atoms with Crippen LogP contribution in [0.1, 0.15) is 35.3 Å². The van der Waals surface area contributed by atoms with Crippen LogP contribution in [0.5, 0.6) is 5.75 Å². The van der Waals surface area contributed by atoms with Crippen molar-refractivity contribution in [1.82, 2.24) is 5.32 Å². The number of ether oxygens (including phenoxy) is 1. The van der Waals surface area contributed by atoms with Crippen LogP contribution in [0.15, 0.2) is 60.7 Å². The summed E-state index contributed by atoms with van der Waals surface area (Å²) in [7, 11) is -3.89. The van der Waals surface area contributed by atoms with Gasteiger partial charge in [-0.1, -0.05) is 42.5 Å². The molecule has 7 nitrogen and oxygen atoms in total. The Morgan fingerprint density at radius 1 is 1.00 bits per heavy atom. The van der Waals surface area contributed by atoms with Crippen LogP contribution in [0.25, 0.3) is 10.8 Å². The third-order valence-electron chi connectivity index (χ3n) is 5.96. The van der Waals surface area contributed by atoms with Crippen LogP contribution in [-0.4, -0.2) is 42.4 Å². The number of carboxylic acids is 1. The molecule has 192 valence electrons. The number of aliphatic carboxylic acids is 1. The smallest absolute Gasteiger partial charge is 0.416 e. The number of hydrogen-bond donors (Lipinski definition) is 2. The van der Waals surface area contributed by atoms with Gasteiger partial charge in [-0.3, -0.25) is 4.79 Å². The van der Waals surface area contributed by atoms with Crippen molar-refractivity contribution in [1.29, 1.82) is 0 Å². The van der Waals surface area contributed by atoms with Gasteiger partial charge in [-0.25, -0.2) is 13.2 Å². The Bertz CT molecular complexity index is 1400. The highest BCUT2D eigenvalue weighted by Crippen LogP contribution is 2.32. The summed E-state index contributed by atoms with van der Waals surface area (Å²) < 4.78 is 67.0. The number of rotatable bonds is 8. The minimum Gasteiger partial charge on any atom is -0.487 e. The molecule has 3 aromatic carbocycles. The molecule has 0 saturated carbocycles. The van der Waals surface area contributed by atoms with Gasteiger partial charge in [-0.05, 0) is 43.0 Å². The van der Waals surface area contributed by atoms with E-state index in [1.165, 1.54) is 32.0 Å². The van der Waals surface area contributed by atoms with Crippen LogP contribution in [0.4, 0.5) is 13.2 Å². The molecule has 3 aromatic rings. The molecule has 0 spiro atoms. The molecule has 0 fully saturated rings. The highest BCUT2D eigenvalue weighted by Gasteiger charge is 2.44. The second-order valence-corrected chi connectivity index (χ2v) is 11.4. The molecule has 0 unspecified atom stereocenters. The van der Waals surface area contributed by atoms with E-state index in [1.807, 2.05) is 0 Å². The number of nitrogens with one attached hydrogen (secondary N) is 1. The second-order valence-electron chi connectivity index (χ2n) is 8.77. The molecule has 0 bridgehead atoms.